The minimum atomic E-state index is -0.953. The van der Waals surface area contributed by atoms with Crippen LogP contribution in [0.2, 0.25) is 0 Å². The molecule has 0 bridgehead atoms. The van der Waals surface area contributed by atoms with E-state index in [2.05, 4.69) is 15.3 Å². The number of aryl methyl sites for hydroxylation is 1. The molecule has 0 fully saturated rings. The summed E-state index contributed by atoms with van der Waals surface area (Å²) in [6, 6.07) is 1.55. The molecule has 0 aliphatic heterocycles. The van der Waals surface area contributed by atoms with Crippen LogP contribution in [0, 0.1) is 18.6 Å². The number of amides is 1. The maximum atomic E-state index is 13.5. The van der Waals surface area contributed by atoms with Gasteiger partial charge in [0.25, 0.3) is 5.91 Å². The van der Waals surface area contributed by atoms with Crippen LogP contribution in [0.5, 0.6) is 0 Å². The summed E-state index contributed by atoms with van der Waals surface area (Å²) in [7, 11) is 0. The first kappa shape index (κ1) is 12.9. The molecule has 98 valence electrons. The lowest BCUT2D eigenvalue weighted by Gasteiger charge is -2.09. The normalized spacial score (nSPS) is 10.3. The second kappa shape index (κ2) is 4.97. The lowest BCUT2D eigenvalue weighted by Crippen LogP contribution is -2.16. The Morgan fingerprint density at radius 2 is 2.00 bits per heavy atom. The Bertz CT molecular complexity index is 605. The Labute approximate surface area is 107 Å². The summed E-state index contributed by atoms with van der Waals surface area (Å²) in [6.07, 6.45) is 2.65. The fraction of sp³-hybridized carbons (Fsp3) is 0.0833. The summed E-state index contributed by atoms with van der Waals surface area (Å²) in [5.41, 5.74) is 5.61. The molecule has 0 aliphatic rings. The molecule has 2 aromatic rings. The van der Waals surface area contributed by atoms with Crippen molar-refractivity contribution in [2.75, 3.05) is 11.1 Å². The topological polar surface area (TPSA) is 80.9 Å². The van der Waals surface area contributed by atoms with E-state index in [0.29, 0.717) is 11.8 Å². The van der Waals surface area contributed by atoms with E-state index in [4.69, 9.17) is 5.73 Å². The number of halogens is 2. The van der Waals surface area contributed by atoms with Gasteiger partial charge in [0.05, 0.1) is 17.6 Å². The first-order valence-corrected chi connectivity index (χ1v) is 5.32. The molecule has 1 amide bonds. The number of hydrogen-bond acceptors (Lipinski definition) is 4. The highest BCUT2D eigenvalue weighted by Gasteiger charge is 2.14. The molecule has 1 aromatic carbocycles. The van der Waals surface area contributed by atoms with E-state index >= 15 is 0 Å². The molecule has 1 aromatic heterocycles. The van der Waals surface area contributed by atoms with E-state index < -0.39 is 17.5 Å². The van der Waals surface area contributed by atoms with Gasteiger partial charge >= 0.3 is 0 Å². The molecule has 0 saturated carbocycles. The first-order chi connectivity index (χ1) is 8.97. The molecule has 1 heterocycles. The fourth-order valence-electron chi connectivity index (χ4n) is 1.41. The number of nitrogen functional groups attached to an aromatic ring is 1. The molecule has 0 spiro atoms. The monoisotopic (exact) mass is 264 g/mol. The molecule has 7 heteroatoms. The smallest absolute Gasteiger partial charge is 0.275 e. The van der Waals surface area contributed by atoms with Gasteiger partial charge in [-0.05, 0) is 13.0 Å². The number of nitrogens with two attached hydrogens (primary N) is 1. The zero-order valence-electron chi connectivity index (χ0n) is 9.95. The lowest BCUT2D eigenvalue weighted by molar-refractivity contribution is 0.102. The average molecular weight is 264 g/mol. The minimum Gasteiger partial charge on any atom is -0.397 e. The third kappa shape index (κ3) is 2.82. The average Bonchev–Trinajstić information content (AvgIpc) is 2.34. The van der Waals surface area contributed by atoms with Crippen LogP contribution >= 0.6 is 0 Å². The van der Waals surface area contributed by atoms with Crippen molar-refractivity contribution in [3.8, 4) is 0 Å². The number of nitrogens with one attached hydrogen (secondary N) is 1. The van der Waals surface area contributed by atoms with Crippen molar-refractivity contribution < 1.29 is 13.6 Å². The van der Waals surface area contributed by atoms with E-state index in [1.165, 1.54) is 12.4 Å². The Morgan fingerprint density at radius 1 is 1.26 bits per heavy atom. The van der Waals surface area contributed by atoms with Gasteiger partial charge in [-0.2, -0.15) is 0 Å². The molecule has 0 radical (unpaired) electrons. The molecule has 0 saturated heterocycles. The van der Waals surface area contributed by atoms with E-state index in [0.717, 1.165) is 6.07 Å². The van der Waals surface area contributed by atoms with Gasteiger partial charge in [0.1, 0.15) is 17.2 Å². The number of anilines is 2. The molecule has 2 rings (SSSR count). The Morgan fingerprint density at radius 3 is 2.58 bits per heavy atom. The summed E-state index contributed by atoms with van der Waals surface area (Å²) in [5.74, 6) is -2.45. The van der Waals surface area contributed by atoms with Gasteiger partial charge in [0.15, 0.2) is 5.82 Å². The number of carbonyl (C=O) groups excluding carboxylic acids is 1. The van der Waals surface area contributed by atoms with Gasteiger partial charge in [-0.15, -0.1) is 0 Å². The third-order valence-corrected chi connectivity index (χ3v) is 2.34. The molecule has 5 nitrogen and oxygen atoms in total. The maximum Gasteiger partial charge on any atom is 0.275 e. The van der Waals surface area contributed by atoms with Crippen LogP contribution < -0.4 is 11.1 Å². The van der Waals surface area contributed by atoms with Gasteiger partial charge in [-0.3, -0.25) is 9.78 Å². The van der Waals surface area contributed by atoms with Crippen molar-refractivity contribution in [1.82, 2.24) is 9.97 Å². The summed E-state index contributed by atoms with van der Waals surface area (Å²) in [6.45, 7) is 1.71. The number of carbonyl (C=O) groups is 1. The predicted octanol–water partition coefficient (Wildman–Crippen LogP) is 1.90. The molecule has 0 aliphatic carbocycles. The SMILES string of the molecule is Cc1cnc(C(=O)Nc2c(N)cc(F)cc2F)cn1. The Kier molecular flexibility index (Phi) is 3.37. The zero-order chi connectivity index (χ0) is 14.0. The molecule has 3 N–H and O–H groups in total. The van der Waals surface area contributed by atoms with Gasteiger partial charge in [0.2, 0.25) is 0 Å². The summed E-state index contributed by atoms with van der Waals surface area (Å²) in [4.78, 5) is 19.5. The highest BCUT2D eigenvalue weighted by Crippen LogP contribution is 2.24. The molecule has 19 heavy (non-hydrogen) atoms. The van der Waals surface area contributed by atoms with E-state index in [1.807, 2.05) is 0 Å². The second-order valence-electron chi connectivity index (χ2n) is 3.85. The number of rotatable bonds is 2. The van der Waals surface area contributed by atoms with E-state index in [-0.39, 0.29) is 17.1 Å². The van der Waals surface area contributed by atoms with Crippen LogP contribution in [0.4, 0.5) is 20.2 Å². The van der Waals surface area contributed by atoms with Crippen LogP contribution in [-0.2, 0) is 0 Å². The first-order valence-electron chi connectivity index (χ1n) is 5.32. The van der Waals surface area contributed by atoms with E-state index in [9.17, 15) is 13.6 Å². The van der Waals surface area contributed by atoms with Crippen molar-refractivity contribution in [3.63, 3.8) is 0 Å². The van der Waals surface area contributed by atoms with Crippen molar-refractivity contribution in [3.05, 3.63) is 47.5 Å². The number of benzene rings is 1. The summed E-state index contributed by atoms with van der Waals surface area (Å²) in [5, 5.41) is 2.23. The quantitative estimate of drug-likeness (QED) is 0.812. The van der Waals surface area contributed by atoms with Crippen LogP contribution in [0.25, 0.3) is 0 Å². The highest BCUT2D eigenvalue weighted by atomic mass is 19.1. The molecule has 0 unspecified atom stereocenters. The highest BCUT2D eigenvalue weighted by molar-refractivity contribution is 6.04. The predicted molar refractivity (Wildman–Crippen MR) is 65.5 cm³/mol. The molecule has 0 atom stereocenters. The van der Waals surface area contributed by atoms with Crippen molar-refractivity contribution in [1.29, 1.82) is 0 Å². The fourth-order valence-corrected chi connectivity index (χ4v) is 1.41. The largest absolute Gasteiger partial charge is 0.397 e. The van der Waals surface area contributed by atoms with E-state index in [1.54, 1.807) is 6.92 Å². The Hall–Kier alpha value is -2.57. The standard InChI is InChI=1S/C12H10F2N4O/c1-6-4-17-10(5-16-6)12(19)18-11-8(14)2-7(13)3-9(11)15/h2-5H,15H2,1H3,(H,18,19). The number of nitrogens with zero attached hydrogens (tertiary/aromatic N) is 2. The van der Waals surface area contributed by atoms with Crippen molar-refractivity contribution in [2.45, 2.75) is 6.92 Å². The summed E-state index contributed by atoms with van der Waals surface area (Å²) >= 11 is 0. The maximum absolute atomic E-state index is 13.5. The van der Waals surface area contributed by atoms with Gasteiger partial charge in [-0.25, -0.2) is 13.8 Å². The zero-order valence-corrected chi connectivity index (χ0v) is 9.95. The number of hydrogen-bond donors (Lipinski definition) is 2. The lowest BCUT2D eigenvalue weighted by atomic mass is 10.2. The Balaban J connectivity index is 2.26. The van der Waals surface area contributed by atoms with Crippen LogP contribution in [-0.4, -0.2) is 15.9 Å². The van der Waals surface area contributed by atoms with Crippen LogP contribution in [0.15, 0.2) is 24.5 Å². The number of aromatic nitrogens is 2. The van der Waals surface area contributed by atoms with Crippen LogP contribution in [0.3, 0.4) is 0 Å². The van der Waals surface area contributed by atoms with Gasteiger partial charge in [-0.1, -0.05) is 0 Å². The van der Waals surface area contributed by atoms with Gasteiger partial charge < -0.3 is 11.1 Å². The van der Waals surface area contributed by atoms with Crippen LogP contribution in [0.1, 0.15) is 16.2 Å². The minimum absolute atomic E-state index is 0.00808. The van der Waals surface area contributed by atoms with Gasteiger partial charge in [0, 0.05) is 12.3 Å². The van der Waals surface area contributed by atoms with Crippen molar-refractivity contribution >= 4 is 17.3 Å². The van der Waals surface area contributed by atoms with Crippen molar-refractivity contribution in [2.24, 2.45) is 0 Å². The third-order valence-electron chi connectivity index (χ3n) is 2.34. The molecular weight excluding hydrogens is 254 g/mol. The molecular formula is C12H10F2N4O. The summed E-state index contributed by atoms with van der Waals surface area (Å²) < 4.78 is 26.3. The second-order valence-corrected chi connectivity index (χ2v) is 3.85.